The molecule has 2 aliphatic rings. The van der Waals surface area contributed by atoms with Crippen molar-refractivity contribution in [3.63, 3.8) is 0 Å². The third-order valence-corrected chi connectivity index (χ3v) is 16.4. The molecular formula is C16H30Br2Si. The first kappa shape index (κ1) is 16.5. The third kappa shape index (κ3) is 5.14. The lowest BCUT2D eigenvalue weighted by molar-refractivity contribution is 0.474. The molecule has 0 spiro atoms. The van der Waals surface area contributed by atoms with Crippen LogP contribution in [0.15, 0.2) is 0 Å². The number of rotatable bonds is 2. The lowest BCUT2D eigenvalue weighted by Gasteiger charge is -2.37. The Morgan fingerprint density at radius 3 is 1.05 bits per heavy atom. The fourth-order valence-electron chi connectivity index (χ4n) is 4.02. The molecule has 0 aliphatic heterocycles. The zero-order valence-electron chi connectivity index (χ0n) is 12.3. The lowest BCUT2D eigenvalue weighted by Crippen LogP contribution is -2.33. The Morgan fingerprint density at radius 2 is 0.737 bits per heavy atom. The van der Waals surface area contributed by atoms with Crippen molar-refractivity contribution in [2.75, 3.05) is 0 Å². The molecule has 0 unspecified atom stereocenters. The molecular weight excluding hydrogens is 380 g/mol. The van der Waals surface area contributed by atoms with E-state index in [2.05, 4.69) is 30.6 Å². The van der Waals surface area contributed by atoms with Crippen LogP contribution in [-0.4, -0.2) is 5.31 Å². The van der Waals surface area contributed by atoms with Crippen LogP contribution in [-0.2, 0) is 0 Å². The van der Waals surface area contributed by atoms with Crippen LogP contribution in [0.3, 0.4) is 0 Å². The van der Waals surface area contributed by atoms with Gasteiger partial charge in [0.1, 0.15) is 0 Å². The second-order valence-corrected chi connectivity index (χ2v) is 20.8. The van der Waals surface area contributed by atoms with Gasteiger partial charge in [0.25, 0.3) is 0 Å². The van der Waals surface area contributed by atoms with Gasteiger partial charge in [-0.3, -0.25) is 0 Å². The third-order valence-electron chi connectivity index (χ3n) is 5.30. The van der Waals surface area contributed by atoms with E-state index in [9.17, 15) is 0 Å². The Hall–Kier alpha value is 1.18. The van der Waals surface area contributed by atoms with E-state index in [1.54, 1.807) is 0 Å². The summed E-state index contributed by atoms with van der Waals surface area (Å²) in [5, 5.41) is -1.39. The van der Waals surface area contributed by atoms with Gasteiger partial charge in [-0.2, -0.15) is 0 Å². The van der Waals surface area contributed by atoms with E-state index >= 15 is 0 Å². The number of halogens is 2. The van der Waals surface area contributed by atoms with Crippen LogP contribution < -0.4 is 0 Å². The summed E-state index contributed by atoms with van der Waals surface area (Å²) < 4.78 is 0. The second kappa shape index (κ2) is 8.58. The Kier molecular flexibility index (Phi) is 7.47. The fourth-order valence-corrected chi connectivity index (χ4v) is 12.5. The van der Waals surface area contributed by atoms with E-state index in [-0.39, 0.29) is 0 Å². The van der Waals surface area contributed by atoms with Crippen LogP contribution in [0.25, 0.3) is 0 Å². The molecule has 19 heavy (non-hydrogen) atoms. The molecule has 0 heterocycles. The molecule has 0 aromatic rings. The first-order valence-electron chi connectivity index (χ1n) is 8.59. The normalized spacial score (nSPS) is 26.2. The van der Waals surface area contributed by atoms with Crippen molar-refractivity contribution >= 4 is 35.9 Å². The average Bonchev–Trinajstić information content (AvgIpc) is 2.26. The summed E-state index contributed by atoms with van der Waals surface area (Å²) in [6, 6.07) is 0. The molecule has 0 amide bonds. The molecule has 0 N–H and O–H groups in total. The molecule has 3 heteroatoms. The highest BCUT2D eigenvalue weighted by Gasteiger charge is 2.43. The van der Waals surface area contributed by atoms with Crippen molar-refractivity contribution in [2.45, 2.75) is 101 Å². The summed E-state index contributed by atoms with van der Waals surface area (Å²) in [6.07, 6.45) is 20.7. The summed E-state index contributed by atoms with van der Waals surface area (Å²) in [4.78, 5) is 0. The summed E-state index contributed by atoms with van der Waals surface area (Å²) >= 11 is 8.56. The highest BCUT2D eigenvalue weighted by Crippen LogP contribution is 2.52. The Labute approximate surface area is 136 Å². The molecule has 2 saturated carbocycles. The predicted octanol–water partition coefficient (Wildman–Crippen LogP) is 7.45. The van der Waals surface area contributed by atoms with Crippen LogP contribution in [0.4, 0.5) is 0 Å². The molecule has 2 rings (SSSR count). The maximum absolute atomic E-state index is 4.28. The van der Waals surface area contributed by atoms with E-state index in [4.69, 9.17) is 0 Å². The van der Waals surface area contributed by atoms with Gasteiger partial charge in [-0.15, -0.1) is 30.6 Å². The van der Waals surface area contributed by atoms with Gasteiger partial charge < -0.3 is 0 Å². The standard InChI is InChI=1S/C16H30Br2Si/c17-19(18,15-11-7-3-1-4-8-12-15)16-13-9-5-2-6-10-14-16/h15-16H,1-14H2. The summed E-state index contributed by atoms with van der Waals surface area (Å²) in [6.45, 7) is 0. The van der Waals surface area contributed by atoms with Crippen LogP contribution >= 0.6 is 30.6 Å². The first-order chi connectivity index (χ1) is 9.21. The molecule has 0 aromatic heterocycles. The van der Waals surface area contributed by atoms with Crippen molar-refractivity contribution < 1.29 is 0 Å². The van der Waals surface area contributed by atoms with Crippen LogP contribution in [0.1, 0.15) is 89.9 Å². The summed E-state index contributed by atoms with van der Waals surface area (Å²) in [5.74, 6) is 0. The van der Waals surface area contributed by atoms with E-state index in [1.807, 2.05) is 0 Å². The van der Waals surface area contributed by atoms with Crippen LogP contribution in [0, 0.1) is 0 Å². The topological polar surface area (TPSA) is 0 Å². The monoisotopic (exact) mass is 408 g/mol. The largest absolute Gasteiger partial charge is 0.207 e. The van der Waals surface area contributed by atoms with Crippen molar-refractivity contribution in [2.24, 2.45) is 0 Å². The highest BCUT2D eigenvalue weighted by molar-refractivity contribution is 9.51. The molecule has 0 nitrogen and oxygen atoms in total. The Bertz CT molecular complexity index is 215. The lowest BCUT2D eigenvalue weighted by atomic mass is 10.00. The van der Waals surface area contributed by atoms with Crippen molar-refractivity contribution in [3.8, 4) is 0 Å². The molecule has 2 fully saturated rings. The maximum Gasteiger partial charge on any atom is 0.207 e. The van der Waals surface area contributed by atoms with Gasteiger partial charge in [-0.1, -0.05) is 89.9 Å². The quantitative estimate of drug-likeness (QED) is 0.328. The second-order valence-electron chi connectivity index (χ2n) is 6.76. The summed E-state index contributed by atoms with van der Waals surface area (Å²) in [5.41, 5.74) is 1.97. The van der Waals surface area contributed by atoms with Crippen LogP contribution in [0.5, 0.6) is 0 Å². The smallest absolute Gasteiger partial charge is 0.110 e. The van der Waals surface area contributed by atoms with Crippen molar-refractivity contribution in [3.05, 3.63) is 0 Å². The highest BCUT2D eigenvalue weighted by atomic mass is 79.9. The zero-order valence-corrected chi connectivity index (χ0v) is 16.5. The van der Waals surface area contributed by atoms with E-state index in [1.165, 1.54) is 89.9 Å². The summed E-state index contributed by atoms with van der Waals surface area (Å²) in [7, 11) is 0. The average molecular weight is 410 g/mol. The minimum Gasteiger partial charge on any atom is -0.110 e. The minimum atomic E-state index is -1.39. The van der Waals surface area contributed by atoms with Crippen molar-refractivity contribution in [1.82, 2.24) is 0 Å². The van der Waals surface area contributed by atoms with Crippen molar-refractivity contribution in [1.29, 1.82) is 0 Å². The van der Waals surface area contributed by atoms with Gasteiger partial charge in [0, 0.05) is 0 Å². The van der Waals surface area contributed by atoms with Crippen LogP contribution in [0.2, 0.25) is 11.1 Å². The molecule has 2 aliphatic carbocycles. The van der Waals surface area contributed by atoms with E-state index < -0.39 is 5.31 Å². The molecule has 0 radical (unpaired) electrons. The number of hydrogen-bond acceptors (Lipinski definition) is 0. The van der Waals surface area contributed by atoms with Gasteiger partial charge >= 0.3 is 0 Å². The Morgan fingerprint density at radius 1 is 0.474 bits per heavy atom. The first-order valence-corrected chi connectivity index (χ1v) is 15.3. The van der Waals surface area contributed by atoms with E-state index in [0.29, 0.717) is 0 Å². The van der Waals surface area contributed by atoms with E-state index in [0.717, 1.165) is 11.1 Å². The molecule has 0 bridgehead atoms. The zero-order chi connectivity index (χ0) is 13.6. The van der Waals surface area contributed by atoms with Gasteiger partial charge in [-0.05, 0) is 11.1 Å². The van der Waals surface area contributed by atoms with Gasteiger partial charge in [0.15, 0.2) is 0 Å². The SMILES string of the molecule is Br[Si](Br)(C1CCCCCCC1)C1CCCCCCC1. The molecule has 0 atom stereocenters. The maximum atomic E-state index is 4.28. The molecule has 0 aromatic carbocycles. The Balaban J connectivity index is 1.96. The van der Waals surface area contributed by atoms with Gasteiger partial charge in [-0.25, -0.2) is 0 Å². The molecule has 112 valence electrons. The molecule has 0 saturated heterocycles. The minimum absolute atomic E-state index is 0.984. The van der Waals surface area contributed by atoms with Gasteiger partial charge in [0.2, 0.25) is 5.31 Å². The van der Waals surface area contributed by atoms with Gasteiger partial charge in [0.05, 0.1) is 0 Å². The number of hydrogen-bond donors (Lipinski definition) is 0. The fraction of sp³-hybridized carbons (Fsp3) is 1.00. The predicted molar refractivity (Wildman–Crippen MR) is 95.7 cm³/mol.